The number of nitrogens with one attached hydrogen (secondary N) is 1. The van der Waals surface area contributed by atoms with E-state index in [1.165, 1.54) is 11.1 Å². The molecular weight excluding hydrogens is 340 g/mol. The van der Waals surface area contributed by atoms with Crippen molar-refractivity contribution in [2.75, 3.05) is 0 Å². The van der Waals surface area contributed by atoms with E-state index in [9.17, 15) is 5.26 Å². The molecule has 0 radical (unpaired) electrons. The number of benzene rings is 1. The second kappa shape index (κ2) is 10.7. The Labute approximate surface area is 172 Å². The molecule has 1 rings (SSSR count). The van der Waals surface area contributed by atoms with Gasteiger partial charge >= 0.3 is 0 Å². The van der Waals surface area contributed by atoms with E-state index in [1.54, 1.807) is 0 Å². The lowest BCUT2D eigenvalue weighted by Crippen LogP contribution is -2.49. The maximum absolute atomic E-state index is 9.23. The number of hydrogen-bond donors (Lipinski definition) is 1. The zero-order chi connectivity index (χ0) is 21.3. The molecule has 0 fully saturated rings. The smallest absolute Gasteiger partial charge is 0.0991 e. The molecule has 0 bridgehead atoms. The summed E-state index contributed by atoms with van der Waals surface area (Å²) in [5.74, 6) is 0.319. The third-order valence-electron chi connectivity index (χ3n) is 5.52. The van der Waals surface area contributed by atoms with Crippen LogP contribution in [-0.4, -0.2) is 5.54 Å². The number of allylic oxidation sites excluding steroid dienone is 4. The predicted octanol–water partition coefficient (Wildman–Crippen LogP) is 7.17. The fourth-order valence-corrected chi connectivity index (χ4v) is 3.82. The maximum Gasteiger partial charge on any atom is 0.0991 e. The molecule has 1 aromatic carbocycles. The third kappa shape index (κ3) is 5.73. The second-order valence-electron chi connectivity index (χ2n) is 7.72. The van der Waals surface area contributed by atoms with Crippen LogP contribution in [-0.2, 0) is 0 Å². The molecule has 0 aliphatic rings. The molecule has 2 heteroatoms. The molecule has 0 aliphatic carbocycles. The Bertz CT molecular complexity index is 804. The summed E-state index contributed by atoms with van der Waals surface area (Å²) in [6.07, 6.45) is 7.48. The van der Waals surface area contributed by atoms with Gasteiger partial charge in [-0.1, -0.05) is 63.3 Å². The molecule has 0 aromatic heterocycles. The summed E-state index contributed by atoms with van der Waals surface area (Å²) in [6, 6.07) is 10.00. The molecule has 0 spiro atoms. The van der Waals surface area contributed by atoms with E-state index in [2.05, 4.69) is 70.5 Å². The largest absolute Gasteiger partial charge is 0.380 e. The highest BCUT2D eigenvalue weighted by atomic mass is 15.0. The van der Waals surface area contributed by atoms with E-state index < -0.39 is 0 Å². The van der Waals surface area contributed by atoms with Crippen molar-refractivity contribution in [3.63, 3.8) is 0 Å². The minimum Gasteiger partial charge on any atom is -0.380 e. The molecule has 0 amide bonds. The van der Waals surface area contributed by atoms with Gasteiger partial charge in [0.15, 0.2) is 0 Å². The van der Waals surface area contributed by atoms with Gasteiger partial charge in [0.25, 0.3) is 0 Å². The average Bonchev–Trinajstić information content (AvgIpc) is 2.68. The number of nitrogens with zero attached hydrogens (tertiary/aromatic N) is 1. The molecule has 0 saturated heterocycles. The van der Waals surface area contributed by atoms with Crippen molar-refractivity contribution in [2.24, 2.45) is 5.92 Å². The quantitative estimate of drug-likeness (QED) is 0.347. The molecule has 28 heavy (non-hydrogen) atoms. The second-order valence-corrected chi connectivity index (χ2v) is 7.72. The van der Waals surface area contributed by atoms with Gasteiger partial charge in [-0.15, -0.1) is 0 Å². The van der Waals surface area contributed by atoms with Gasteiger partial charge in [-0.3, -0.25) is 0 Å². The SMILES string of the molecule is C=C(C)N[C@](C)(/C(C)=C/C(=C\C)c1cccc(C#N)c1)[C@@H](CCC)C(=C)CC. The first-order valence-corrected chi connectivity index (χ1v) is 10.2. The van der Waals surface area contributed by atoms with E-state index in [1.807, 2.05) is 32.0 Å². The molecule has 0 unspecified atom stereocenters. The minimum absolute atomic E-state index is 0.268. The van der Waals surface area contributed by atoms with Crippen molar-refractivity contribution >= 4 is 5.57 Å². The van der Waals surface area contributed by atoms with Gasteiger partial charge in [0, 0.05) is 11.6 Å². The Hall–Kier alpha value is -2.53. The lowest BCUT2D eigenvalue weighted by atomic mass is 9.72. The van der Waals surface area contributed by atoms with Crippen LogP contribution in [0.15, 0.2) is 66.4 Å². The zero-order valence-corrected chi connectivity index (χ0v) is 18.5. The van der Waals surface area contributed by atoms with Gasteiger partial charge in [0.2, 0.25) is 0 Å². The first kappa shape index (κ1) is 23.5. The molecule has 1 N–H and O–H groups in total. The van der Waals surface area contributed by atoms with E-state index in [-0.39, 0.29) is 5.54 Å². The van der Waals surface area contributed by atoms with Gasteiger partial charge in [-0.25, -0.2) is 0 Å². The number of rotatable bonds is 10. The van der Waals surface area contributed by atoms with Crippen LogP contribution in [0.4, 0.5) is 0 Å². The normalized spacial score (nSPS) is 15.3. The van der Waals surface area contributed by atoms with Crippen molar-refractivity contribution in [3.8, 4) is 6.07 Å². The topological polar surface area (TPSA) is 35.8 Å². The Morgan fingerprint density at radius 1 is 1.29 bits per heavy atom. The van der Waals surface area contributed by atoms with Crippen LogP contribution in [0.2, 0.25) is 0 Å². The standard InChI is InChI=1S/C26H36N2/c1-9-13-25(20(6)10-2)26(8,28-19(4)5)21(7)16-23(11-3)24-15-12-14-22(17-24)18-27/h11-12,14-17,25,28H,4,6,9-10,13H2,1-3,5,7-8H3/b21-16+,23-11+/t25-,26+/m0/s1. The highest BCUT2D eigenvalue weighted by Gasteiger charge is 2.36. The van der Waals surface area contributed by atoms with Crippen LogP contribution >= 0.6 is 0 Å². The minimum atomic E-state index is -0.268. The van der Waals surface area contributed by atoms with Crippen LogP contribution in [0.25, 0.3) is 5.57 Å². The van der Waals surface area contributed by atoms with Crippen LogP contribution in [0, 0.1) is 17.2 Å². The summed E-state index contributed by atoms with van der Waals surface area (Å²) in [7, 11) is 0. The fourth-order valence-electron chi connectivity index (χ4n) is 3.82. The van der Waals surface area contributed by atoms with Gasteiger partial charge in [-0.2, -0.15) is 5.26 Å². The summed E-state index contributed by atoms with van der Waals surface area (Å²) in [4.78, 5) is 0. The number of nitriles is 1. The summed E-state index contributed by atoms with van der Waals surface area (Å²) in [5.41, 5.74) is 6.03. The van der Waals surface area contributed by atoms with Crippen molar-refractivity contribution in [1.29, 1.82) is 5.26 Å². The average molecular weight is 377 g/mol. The van der Waals surface area contributed by atoms with Crippen LogP contribution < -0.4 is 5.32 Å². The third-order valence-corrected chi connectivity index (χ3v) is 5.52. The Morgan fingerprint density at radius 3 is 2.46 bits per heavy atom. The van der Waals surface area contributed by atoms with E-state index in [0.29, 0.717) is 11.5 Å². The molecule has 150 valence electrons. The van der Waals surface area contributed by atoms with Gasteiger partial charge in [-0.05, 0) is 69.4 Å². The van der Waals surface area contributed by atoms with Crippen molar-refractivity contribution in [2.45, 2.75) is 66.3 Å². The Morgan fingerprint density at radius 2 is 1.96 bits per heavy atom. The lowest BCUT2D eigenvalue weighted by Gasteiger charge is -2.42. The Balaban J connectivity index is 3.48. The Kier molecular flexibility index (Phi) is 9.00. The molecule has 1 aromatic rings. The van der Waals surface area contributed by atoms with Gasteiger partial charge < -0.3 is 5.32 Å². The summed E-state index contributed by atoms with van der Waals surface area (Å²) in [5, 5.41) is 12.9. The fraction of sp³-hybridized carbons (Fsp3) is 0.423. The molecule has 0 heterocycles. The highest BCUT2D eigenvalue weighted by Crippen LogP contribution is 2.37. The zero-order valence-electron chi connectivity index (χ0n) is 18.5. The van der Waals surface area contributed by atoms with Crippen molar-refractivity contribution < 1.29 is 0 Å². The number of hydrogen-bond acceptors (Lipinski definition) is 2. The molecular formula is C26H36N2. The molecule has 0 saturated carbocycles. The summed E-state index contributed by atoms with van der Waals surface area (Å²) in [6.45, 7) is 21.4. The maximum atomic E-state index is 9.23. The monoisotopic (exact) mass is 376 g/mol. The molecule has 2 nitrogen and oxygen atoms in total. The summed E-state index contributed by atoms with van der Waals surface area (Å²) >= 11 is 0. The van der Waals surface area contributed by atoms with E-state index >= 15 is 0 Å². The van der Waals surface area contributed by atoms with Crippen molar-refractivity contribution in [1.82, 2.24) is 5.32 Å². The van der Waals surface area contributed by atoms with Gasteiger partial charge in [0.1, 0.15) is 0 Å². The van der Waals surface area contributed by atoms with Crippen LogP contribution in [0.1, 0.15) is 71.9 Å². The first-order valence-electron chi connectivity index (χ1n) is 10.2. The summed E-state index contributed by atoms with van der Waals surface area (Å²) < 4.78 is 0. The molecule has 0 aliphatic heterocycles. The highest BCUT2D eigenvalue weighted by molar-refractivity contribution is 5.75. The van der Waals surface area contributed by atoms with Crippen LogP contribution in [0.3, 0.4) is 0 Å². The van der Waals surface area contributed by atoms with E-state index in [0.717, 1.165) is 36.1 Å². The van der Waals surface area contributed by atoms with Crippen molar-refractivity contribution in [3.05, 3.63) is 77.5 Å². The molecule has 2 atom stereocenters. The van der Waals surface area contributed by atoms with Gasteiger partial charge in [0.05, 0.1) is 17.2 Å². The van der Waals surface area contributed by atoms with Crippen LogP contribution in [0.5, 0.6) is 0 Å². The van der Waals surface area contributed by atoms with E-state index in [4.69, 9.17) is 0 Å². The predicted molar refractivity (Wildman–Crippen MR) is 123 cm³/mol. The first-order chi connectivity index (χ1) is 13.2. The lowest BCUT2D eigenvalue weighted by molar-refractivity contribution is 0.309.